The number of fused-ring (bicyclic) bond motifs is 1. The maximum Gasteiger partial charge on any atom is 0.0405 e. The molecule has 81 valence electrons. The van der Waals surface area contributed by atoms with E-state index in [2.05, 4.69) is 36.9 Å². The van der Waals surface area contributed by atoms with Crippen LogP contribution in [-0.2, 0) is 0 Å². The van der Waals surface area contributed by atoms with Gasteiger partial charge in [0.05, 0.1) is 0 Å². The SMILES string of the molecule is [CH2]c1cccc2c1C(CC)CN2CCN. The zero-order valence-electron chi connectivity index (χ0n) is 9.37. The van der Waals surface area contributed by atoms with E-state index in [1.807, 2.05) is 0 Å². The Morgan fingerprint density at radius 1 is 1.53 bits per heavy atom. The second-order valence-electron chi connectivity index (χ2n) is 4.19. The van der Waals surface area contributed by atoms with E-state index < -0.39 is 0 Å². The van der Waals surface area contributed by atoms with Gasteiger partial charge in [-0.15, -0.1) is 0 Å². The molecule has 2 rings (SSSR count). The zero-order valence-corrected chi connectivity index (χ0v) is 9.37. The van der Waals surface area contributed by atoms with Crippen molar-refractivity contribution in [2.75, 3.05) is 24.5 Å². The Balaban J connectivity index is 2.38. The molecule has 0 saturated heterocycles. The summed E-state index contributed by atoms with van der Waals surface area (Å²) in [5.41, 5.74) is 9.60. The standard InChI is InChI=1S/C13H19N2/c1-3-11-9-15(8-7-14)12-6-4-5-10(2)13(11)12/h4-6,11H,2-3,7-9,14H2,1H3. The molecule has 0 bridgehead atoms. The lowest BCUT2D eigenvalue weighted by atomic mass is 9.95. The summed E-state index contributed by atoms with van der Waals surface area (Å²) in [7, 11) is 0. The molecule has 1 unspecified atom stereocenters. The van der Waals surface area contributed by atoms with E-state index in [4.69, 9.17) is 5.73 Å². The first-order valence-corrected chi connectivity index (χ1v) is 5.67. The fourth-order valence-electron chi connectivity index (χ4n) is 2.50. The van der Waals surface area contributed by atoms with Gasteiger partial charge in [-0.1, -0.05) is 19.1 Å². The van der Waals surface area contributed by atoms with Crippen LogP contribution >= 0.6 is 0 Å². The Bertz CT molecular complexity index is 346. The van der Waals surface area contributed by atoms with E-state index in [-0.39, 0.29) is 0 Å². The lowest BCUT2D eigenvalue weighted by Gasteiger charge is -2.18. The predicted octanol–water partition coefficient (Wildman–Crippen LogP) is 2.14. The highest BCUT2D eigenvalue weighted by Gasteiger charge is 2.27. The molecule has 2 heteroatoms. The van der Waals surface area contributed by atoms with E-state index >= 15 is 0 Å². The number of hydrogen-bond acceptors (Lipinski definition) is 2. The van der Waals surface area contributed by atoms with Crippen LogP contribution in [0.5, 0.6) is 0 Å². The van der Waals surface area contributed by atoms with Gasteiger partial charge >= 0.3 is 0 Å². The first-order chi connectivity index (χ1) is 7.27. The summed E-state index contributed by atoms with van der Waals surface area (Å²) >= 11 is 0. The molecule has 0 amide bonds. The van der Waals surface area contributed by atoms with Gasteiger partial charge in [0, 0.05) is 31.2 Å². The molecule has 1 heterocycles. The second-order valence-corrected chi connectivity index (χ2v) is 4.19. The van der Waals surface area contributed by atoms with Crippen LogP contribution in [0.15, 0.2) is 18.2 Å². The van der Waals surface area contributed by atoms with Crippen LogP contribution in [0.2, 0.25) is 0 Å². The predicted molar refractivity (Wildman–Crippen MR) is 65.2 cm³/mol. The van der Waals surface area contributed by atoms with Crippen molar-refractivity contribution in [2.45, 2.75) is 19.3 Å². The van der Waals surface area contributed by atoms with Crippen LogP contribution in [0.3, 0.4) is 0 Å². The van der Waals surface area contributed by atoms with Crippen LogP contribution in [0.4, 0.5) is 5.69 Å². The van der Waals surface area contributed by atoms with Gasteiger partial charge in [0.2, 0.25) is 0 Å². The first kappa shape index (κ1) is 10.5. The quantitative estimate of drug-likeness (QED) is 0.815. The summed E-state index contributed by atoms with van der Waals surface area (Å²) in [6, 6.07) is 6.38. The molecule has 0 aliphatic carbocycles. The normalized spacial score (nSPS) is 19.4. The molecule has 0 aromatic heterocycles. The fourth-order valence-corrected chi connectivity index (χ4v) is 2.50. The van der Waals surface area contributed by atoms with Gasteiger partial charge in [-0.3, -0.25) is 0 Å². The topological polar surface area (TPSA) is 29.3 Å². The molecule has 0 spiro atoms. The molecule has 0 saturated carbocycles. The Labute approximate surface area is 92.1 Å². The molecule has 1 aliphatic heterocycles. The third kappa shape index (κ3) is 1.74. The maximum absolute atomic E-state index is 5.63. The van der Waals surface area contributed by atoms with Crippen molar-refractivity contribution >= 4 is 5.69 Å². The summed E-state index contributed by atoms with van der Waals surface area (Å²) in [6.45, 7) is 9.15. The Morgan fingerprint density at radius 2 is 2.33 bits per heavy atom. The van der Waals surface area contributed by atoms with Crippen molar-refractivity contribution in [2.24, 2.45) is 5.73 Å². The highest BCUT2D eigenvalue weighted by Crippen LogP contribution is 2.39. The molecular formula is C13H19N2. The number of rotatable bonds is 3. The third-order valence-electron chi connectivity index (χ3n) is 3.25. The van der Waals surface area contributed by atoms with Crippen LogP contribution in [0.25, 0.3) is 0 Å². The van der Waals surface area contributed by atoms with Crippen molar-refractivity contribution < 1.29 is 0 Å². The van der Waals surface area contributed by atoms with Crippen LogP contribution in [-0.4, -0.2) is 19.6 Å². The second kappa shape index (κ2) is 4.23. The van der Waals surface area contributed by atoms with Gasteiger partial charge in [0.1, 0.15) is 0 Å². The Morgan fingerprint density at radius 3 is 3.00 bits per heavy atom. The average molecular weight is 203 g/mol. The summed E-state index contributed by atoms with van der Waals surface area (Å²) < 4.78 is 0. The monoisotopic (exact) mass is 203 g/mol. The summed E-state index contributed by atoms with van der Waals surface area (Å²) in [5.74, 6) is 0.639. The lowest BCUT2D eigenvalue weighted by molar-refractivity contribution is 0.671. The molecule has 15 heavy (non-hydrogen) atoms. The number of nitrogens with two attached hydrogens (primary N) is 1. The number of anilines is 1. The van der Waals surface area contributed by atoms with Gasteiger partial charge in [-0.2, -0.15) is 0 Å². The van der Waals surface area contributed by atoms with Gasteiger partial charge < -0.3 is 10.6 Å². The van der Waals surface area contributed by atoms with Crippen molar-refractivity contribution in [1.29, 1.82) is 0 Å². The van der Waals surface area contributed by atoms with Gasteiger partial charge in [0.15, 0.2) is 0 Å². The van der Waals surface area contributed by atoms with Crippen LogP contribution < -0.4 is 10.6 Å². The van der Waals surface area contributed by atoms with Crippen LogP contribution in [0.1, 0.15) is 30.4 Å². The highest BCUT2D eigenvalue weighted by molar-refractivity contribution is 5.63. The highest BCUT2D eigenvalue weighted by atomic mass is 15.2. The summed E-state index contributed by atoms with van der Waals surface area (Å²) in [5, 5.41) is 0. The number of nitrogens with zero attached hydrogens (tertiary/aromatic N) is 1. The smallest absolute Gasteiger partial charge is 0.0405 e. The molecular weight excluding hydrogens is 184 g/mol. The molecule has 1 radical (unpaired) electrons. The molecule has 1 aromatic carbocycles. The van der Waals surface area contributed by atoms with Gasteiger partial charge in [0.25, 0.3) is 0 Å². The summed E-state index contributed by atoms with van der Waals surface area (Å²) in [6.07, 6.45) is 1.18. The Hall–Kier alpha value is -1.02. The van der Waals surface area contributed by atoms with E-state index in [1.54, 1.807) is 0 Å². The minimum Gasteiger partial charge on any atom is -0.369 e. The van der Waals surface area contributed by atoms with Gasteiger partial charge in [-0.05, 0) is 30.5 Å². The van der Waals surface area contributed by atoms with E-state index in [1.165, 1.54) is 23.2 Å². The molecule has 0 fully saturated rings. The fraction of sp³-hybridized carbons (Fsp3) is 0.462. The molecule has 1 aliphatic rings. The Kier molecular flexibility index (Phi) is 2.96. The van der Waals surface area contributed by atoms with E-state index in [9.17, 15) is 0 Å². The largest absolute Gasteiger partial charge is 0.369 e. The van der Waals surface area contributed by atoms with Crippen molar-refractivity contribution in [3.05, 3.63) is 36.2 Å². The van der Waals surface area contributed by atoms with Crippen molar-refractivity contribution in [3.8, 4) is 0 Å². The minimum atomic E-state index is 0.639. The maximum atomic E-state index is 5.63. The van der Waals surface area contributed by atoms with Crippen LogP contribution in [0, 0.1) is 6.92 Å². The molecule has 1 aromatic rings. The van der Waals surface area contributed by atoms with E-state index in [0.717, 1.165) is 19.6 Å². The minimum absolute atomic E-state index is 0.639. The lowest BCUT2D eigenvalue weighted by Crippen LogP contribution is -2.28. The van der Waals surface area contributed by atoms with Gasteiger partial charge in [-0.25, -0.2) is 0 Å². The summed E-state index contributed by atoms with van der Waals surface area (Å²) in [4.78, 5) is 2.39. The van der Waals surface area contributed by atoms with E-state index in [0.29, 0.717) is 5.92 Å². The number of hydrogen-bond donors (Lipinski definition) is 1. The number of benzene rings is 1. The van der Waals surface area contributed by atoms with Crippen molar-refractivity contribution in [3.63, 3.8) is 0 Å². The zero-order chi connectivity index (χ0) is 10.8. The third-order valence-corrected chi connectivity index (χ3v) is 3.25. The molecule has 1 atom stereocenters. The first-order valence-electron chi connectivity index (χ1n) is 5.67. The molecule has 2 N–H and O–H groups in total. The average Bonchev–Trinajstić information content (AvgIpc) is 2.59. The van der Waals surface area contributed by atoms with Crippen molar-refractivity contribution in [1.82, 2.24) is 0 Å². The molecule has 2 nitrogen and oxygen atoms in total.